The molecule has 0 saturated carbocycles. The van der Waals surface area contributed by atoms with E-state index in [0.717, 1.165) is 11.1 Å². The van der Waals surface area contributed by atoms with Gasteiger partial charge in [0.05, 0.1) is 0 Å². The van der Waals surface area contributed by atoms with Crippen LogP contribution in [0.3, 0.4) is 0 Å². The van der Waals surface area contributed by atoms with Crippen LogP contribution < -0.4 is 16.4 Å². The third-order valence-corrected chi connectivity index (χ3v) is 2.82. The summed E-state index contributed by atoms with van der Waals surface area (Å²) in [6, 6.07) is 9.75. The van der Waals surface area contributed by atoms with E-state index in [9.17, 15) is 4.79 Å². The lowest BCUT2D eigenvalue weighted by Crippen LogP contribution is -2.29. The molecule has 1 amide bonds. The molecule has 0 saturated heterocycles. The van der Waals surface area contributed by atoms with Crippen molar-refractivity contribution in [3.63, 3.8) is 0 Å². The van der Waals surface area contributed by atoms with Crippen LogP contribution in [0.4, 0.5) is 0 Å². The summed E-state index contributed by atoms with van der Waals surface area (Å²) in [6.45, 7) is 5.58. The first-order chi connectivity index (χ1) is 10.1. The van der Waals surface area contributed by atoms with Crippen molar-refractivity contribution in [1.82, 2.24) is 10.6 Å². The van der Waals surface area contributed by atoms with Crippen molar-refractivity contribution in [2.24, 2.45) is 11.7 Å². The van der Waals surface area contributed by atoms with Gasteiger partial charge in [-0.25, -0.2) is 0 Å². The van der Waals surface area contributed by atoms with Crippen molar-refractivity contribution in [3.05, 3.63) is 47.2 Å². The molecule has 21 heavy (non-hydrogen) atoms. The number of carbonyl (C=O) groups excluding carboxylic acids is 1. The molecule has 1 aromatic rings. The van der Waals surface area contributed by atoms with Crippen LogP contribution in [0.5, 0.6) is 0 Å². The third kappa shape index (κ3) is 6.11. The van der Waals surface area contributed by atoms with E-state index in [1.807, 2.05) is 44.2 Å². The molecule has 0 aliphatic heterocycles. The van der Waals surface area contributed by atoms with Gasteiger partial charge >= 0.3 is 0 Å². The van der Waals surface area contributed by atoms with Crippen molar-refractivity contribution in [3.8, 4) is 6.07 Å². The van der Waals surface area contributed by atoms with Crippen molar-refractivity contribution >= 4 is 5.91 Å². The molecule has 0 aliphatic rings. The molecule has 0 aliphatic carbocycles. The second kappa shape index (κ2) is 8.77. The third-order valence-electron chi connectivity index (χ3n) is 2.82. The summed E-state index contributed by atoms with van der Waals surface area (Å²) < 4.78 is 0. The van der Waals surface area contributed by atoms with Crippen molar-refractivity contribution in [2.45, 2.75) is 26.9 Å². The summed E-state index contributed by atoms with van der Waals surface area (Å²) in [5.41, 5.74) is 7.76. The van der Waals surface area contributed by atoms with E-state index in [1.54, 1.807) is 0 Å². The summed E-state index contributed by atoms with van der Waals surface area (Å²) in [5.74, 6) is -0.00439. The zero-order valence-corrected chi connectivity index (χ0v) is 12.5. The number of hydrogen-bond acceptors (Lipinski definition) is 4. The minimum absolute atomic E-state index is 0.0747. The Morgan fingerprint density at radius 3 is 2.76 bits per heavy atom. The van der Waals surface area contributed by atoms with Crippen molar-refractivity contribution in [1.29, 1.82) is 5.26 Å². The summed E-state index contributed by atoms with van der Waals surface area (Å²) >= 11 is 0. The highest BCUT2D eigenvalue weighted by molar-refractivity contribution is 5.97. The highest BCUT2D eigenvalue weighted by Crippen LogP contribution is 2.04. The van der Waals surface area contributed by atoms with Gasteiger partial charge in [0, 0.05) is 25.8 Å². The van der Waals surface area contributed by atoms with E-state index < -0.39 is 0 Å². The molecular formula is C16H22N4O. The first kappa shape index (κ1) is 16.7. The normalized spacial score (nSPS) is 11.1. The zero-order valence-electron chi connectivity index (χ0n) is 12.5. The summed E-state index contributed by atoms with van der Waals surface area (Å²) in [5, 5.41) is 14.7. The van der Waals surface area contributed by atoms with Crippen LogP contribution in [0.25, 0.3) is 0 Å². The second-order valence-corrected chi connectivity index (χ2v) is 5.18. The Morgan fingerprint density at radius 2 is 2.14 bits per heavy atom. The molecule has 5 heteroatoms. The van der Waals surface area contributed by atoms with E-state index in [4.69, 9.17) is 11.0 Å². The topological polar surface area (TPSA) is 90.9 Å². The van der Waals surface area contributed by atoms with Crippen molar-refractivity contribution in [2.75, 3.05) is 6.54 Å². The van der Waals surface area contributed by atoms with E-state index >= 15 is 0 Å². The standard InChI is InChI=1S/C16H22N4O/c1-12(2)9-20-16(21)15(8-18)11-19-10-14-5-3-4-13(6-14)7-17/h3-6,11-12,19H,7,9-10,17H2,1-2H3,(H,20,21)/b15-11-. The number of rotatable bonds is 7. The first-order valence-corrected chi connectivity index (χ1v) is 6.96. The van der Waals surface area contributed by atoms with Crippen LogP contribution in [0.2, 0.25) is 0 Å². The predicted octanol–water partition coefficient (Wildman–Crippen LogP) is 1.41. The van der Waals surface area contributed by atoms with Crippen LogP contribution in [-0.2, 0) is 17.9 Å². The van der Waals surface area contributed by atoms with Gasteiger partial charge in [0.1, 0.15) is 11.6 Å². The molecule has 0 unspecified atom stereocenters. The fourth-order valence-electron chi connectivity index (χ4n) is 1.68. The Hall–Kier alpha value is -2.32. The highest BCUT2D eigenvalue weighted by Gasteiger charge is 2.08. The van der Waals surface area contributed by atoms with Crippen LogP contribution in [0.15, 0.2) is 36.0 Å². The maximum Gasteiger partial charge on any atom is 0.263 e. The Bertz CT molecular complexity index is 543. The van der Waals surface area contributed by atoms with Gasteiger partial charge in [-0.2, -0.15) is 5.26 Å². The van der Waals surface area contributed by atoms with E-state index in [0.29, 0.717) is 25.6 Å². The lowest BCUT2D eigenvalue weighted by Gasteiger charge is -2.07. The number of benzene rings is 1. The van der Waals surface area contributed by atoms with E-state index in [2.05, 4.69) is 10.6 Å². The van der Waals surface area contributed by atoms with Gasteiger partial charge in [0.2, 0.25) is 0 Å². The number of hydrogen-bond donors (Lipinski definition) is 3. The minimum atomic E-state index is -0.352. The molecule has 0 radical (unpaired) electrons. The predicted molar refractivity (Wildman–Crippen MR) is 82.7 cm³/mol. The minimum Gasteiger partial charge on any atom is -0.386 e. The lowest BCUT2D eigenvalue weighted by atomic mass is 10.1. The monoisotopic (exact) mass is 286 g/mol. The molecule has 112 valence electrons. The number of amides is 1. The number of carbonyl (C=O) groups is 1. The van der Waals surface area contributed by atoms with Gasteiger partial charge in [-0.15, -0.1) is 0 Å². The van der Waals surface area contributed by atoms with Crippen molar-refractivity contribution < 1.29 is 4.79 Å². The Balaban J connectivity index is 2.56. The molecule has 0 aromatic heterocycles. The zero-order chi connectivity index (χ0) is 15.7. The fourth-order valence-corrected chi connectivity index (χ4v) is 1.68. The lowest BCUT2D eigenvalue weighted by molar-refractivity contribution is -0.117. The van der Waals surface area contributed by atoms with Gasteiger partial charge in [-0.1, -0.05) is 38.1 Å². The van der Waals surface area contributed by atoms with Crippen LogP contribution >= 0.6 is 0 Å². The molecule has 4 N–H and O–H groups in total. The average Bonchev–Trinajstić information content (AvgIpc) is 2.49. The molecule has 0 bridgehead atoms. The number of nitriles is 1. The average molecular weight is 286 g/mol. The molecule has 0 spiro atoms. The van der Waals surface area contributed by atoms with Gasteiger partial charge in [-0.05, 0) is 17.0 Å². The Kier molecular flexibility index (Phi) is 6.99. The van der Waals surface area contributed by atoms with Gasteiger partial charge < -0.3 is 16.4 Å². The maximum atomic E-state index is 11.8. The molecule has 5 nitrogen and oxygen atoms in total. The highest BCUT2D eigenvalue weighted by atomic mass is 16.1. The van der Waals surface area contributed by atoms with Gasteiger partial charge in [0.25, 0.3) is 5.91 Å². The molecule has 1 aromatic carbocycles. The van der Waals surface area contributed by atoms with Crippen LogP contribution in [0, 0.1) is 17.2 Å². The smallest absolute Gasteiger partial charge is 0.263 e. The van der Waals surface area contributed by atoms with Crippen LogP contribution in [-0.4, -0.2) is 12.5 Å². The van der Waals surface area contributed by atoms with Crippen LogP contribution in [0.1, 0.15) is 25.0 Å². The molecule has 0 fully saturated rings. The van der Waals surface area contributed by atoms with Gasteiger partial charge in [0.15, 0.2) is 0 Å². The SMILES string of the molecule is CC(C)CNC(=O)/C(C#N)=C\NCc1cccc(CN)c1. The summed E-state index contributed by atoms with van der Waals surface area (Å²) in [6.07, 6.45) is 1.45. The Morgan fingerprint density at radius 1 is 1.43 bits per heavy atom. The first-order valence-electron chi connectivity index (χ1n) is 6.96. The summed E-state index contributed by atoms with van der Waals surface area (Å²) in [4.78, 5) is 11.8. The number of nitrogens with two attached hydrogens (primary N) is 1. The fraction of sp³-hybridized carbons (Fsp3) is 0.375. The molecule has 0 atom stereocenters. The molecular weight excluding hydrogens is 264 g/mol. The second-order valence-electron chi connectivity index (χ2n) is 5.18. The van der Waals surface area contributed by atoms with E-state index in [1.165, 1.54) is 6.20 Å². The number of nitrogens with zero attached hydrogens (tertiary/aromatic N) is 1. The van der Waals surface area contributed by atoms with E-state index in [-0.39, 0.29) is 11.5 Å². The molecule has 1 rings (SSSR count). The summed E-state index contributed by atoms with van der Waals surface area (Å²) in [7, 11) is 0. The number of nitrogens with one attached hydrogen (secondary N) is 2. The largest absolute Gasteiger partial charge is 0.386 e. The Labute approximate surface area is 125 Å². The quantitative estimate of drug-likeness (QED) is 0.522. The van der Waals surface area contributed by atoms with Gasteiger partial charge in [-0.3, -0.25) is 4.79 Å². The molecule has 0 heterocycles. The maximum absolute atomic E-state index is 11.8.